The number of carbonyl (C=O) groups excluding carboxylic acids is 1. The van der Waals surface area contributed by atoms with Gasteiger partial charge in [0.2, 0.25) is 0 Å². The number of benzene rings is 4. The van der Waals surface area contributed by atoms with Gasteiger partial charge in [-0.1, -0.05) is 42.8 Å². The summed E-state index contributed by atoms with van der Waals surface area (Å²) in [5.74, 6) is -0.311. The van der Waals surface area contributed by atoms with Gasteiger partial charge in [-0.2, -0.15) is 13.5 Å². The van der Waals surface area contributed by atoms with E-state index in [9.17, 15) is 22.9 Å². The molecule has 0 atom stereocenters. The number of rotatable bonds is 7. The molecule has 37 heavy (non-hydrogen) atoms. The number of aromatic hydroxyl groups is 1. The molecule has 0 aliphatic rings. The van der Waals surface area contributed by atoms with Crippen molar-refractivity contribution >= 4 is 55.5 Å². The van der Waals surface area contributed by atoms with Gasteiger partial charge in [0, 0.05) is 11.1 Å². The van der Waals surface area contributed by atoms with Crippen LogP contribution in [0.2, 0.25) is 5.02 Å². The third-order valence-electron chi connectivity index (χ3n) is 5.60. The maximum atomic E-state index is 13.0. The van der Waals surface area contributed by atoms with Crippen molar-refractivity contribution in [3.05, 3.63) is 82.9 Å². The second-order valence-electron chi connectivity index (χ2n) is 7.97. The summed E-state index contributed by atoms with van der Waals surface area (Å²) in [4.78, 5) is 12.7. The van der Waals surface area contributed by atoms with Gasteiger partial charge in [-0.3, -0.25) is 9.35 Å². The Hall–Kier alpha value is -3.99. The van der Waals surface area contributed by atoms with E-state index in [1.54, 1.807) is 61.5 Å². The molecule has 9 nitrogen and oxygen atoms in total. The number of amides is 1. The van der Waals surface area contributed by atoms with Crippen LogP contribution in [0.3, 0.4) is 0 Å². The number of phenols is 1. The third kappa shape index (κ3) is 5.56. The second kappa shape index (κ2) is 10.6. The van der Waals surface area contributed by atoms with Crippen LogP contribution in [0.4, 0.5) is 17.1 Å². The van der Waals surface area contributed by atoms with Crippen LogP contribution in [0.1, 0.15) is 22.8 Å². The summed E-state index contributed by atoms with van der Waals surface area (Å²) in [6.07, 6.45) is 0.257. The van der Waals surface area contributed by atoms with Crippen LogP contribution >= 0.6 is 11.6 Å². The van der Waals surface area contributed by atoms with Gasteiger partial charge < -0.3 is 15.2 Å². The number of nitrogens with one attached hydrogen (secondary N) is 1. The molecule has 0 aliphatic heterocycles. The highest BCUT2D eigenvalue weighted by molar-refractivity contribution is 7.86. The number of aryl methyl sites for hydroxylation is 1. The lowest BCUT2D eigenvalue weighted by Gasteiger charge is -2.12. The average molecular weight is 540 g/mol. The quantitative estimate of drug-likeness (QED) is 0.177. The van der Waals surface area contributed by atoms with Crippen molar-refractivity contribution in [1.82, 2.24) is 0 Å². The molecule has 0 bridgehead atoms. The van der Waals surface area contributed by atoms with Gasteiger partial charge in [0.25, 0.3) is 16.0 Å². The molecule has 190 valence electrons. The van der Waals surface area contributed by atoms with E-state index in [4.69, 9.17) is 16.3 Å². The largest absolute Gasteiger partial charge is 0.505 e. The number of nitrogens with zero attached hydrogens (tertiary/aromatic N) is 2. The van der Waals surface area contributed by atoms with E-state index in [0.717, 1.165) is 0 Å². The fourth-order valence-electron chi connectivity index (χ4n) is 3.82. The monoisotopic (exact) mass is 539 g/mol. The van der Waals surface area contributed by atoms with Gasteiger partial charge in [0.05, 0.1) is 23.4 Å². The SMILES string of the molecule is CCc1cc(N=Nc2c(O)c(C(=O)Nc3ccc(OC)cc3)cc3ccccc23)cc(Cl)c1S(=O)(=O)O. The van der Waals surface area contributed by atoms with Crippen LogP contribution in [0, 0.1) is 0 Å². The van der Waals surface area contributed by atoms with Crippen LogP contribution in [0.25, 0.3) is 10.8 Å². The molecular weight excluding hydrogens is 518 g/mol. The predicted molar refractivity (Wildman–Crippen MR) is 141 cm³/mol. The minimum Gasteiger partial charge on any atom is -0.505 e. The van der Waals surface area contributed by atoms with Gasteiger partial charge >= 0.3 is 0 Å². The maximum absolute atomic E-state index is 13.0. The Bertz CT molecular complexity index is 1640. The number of azo groups is 1. The van der Waals surface area contributed by atoms with E-state index in [-0.39, 0.29) is 44.6 Å². The highest BCUT2D eigenvalue weighted by Gasteiger charge is 2.21. The zero-order valence-corrected chi connectivity index (χ0v) is 21.3. The zero-order valence-electron chi connectivity index (χ0n) is 19.8. The molecule has 0 heterocycles. The van der Waals surface area contributed by atoms with Crippen molar-refractivity contribution in [1.29, 1.82) is 0 Å². The van der Waals surface area contributed by atoms with Crippen LogP contribution in [-0.4, -0.2) is 31.1 Å². The number of hydrogen-bond acceptors (Lipinski definition) is 7. The summed E-state index contributed by atoms with van der Waals surface area (Å²) in [6.45, 7) is 1.70. The number of hydrogen-bond donors (Lipinski definition) is 3. The fourth-order valence-corrected chi connectivity index (χ4v) is 5.18. The Balaban J connectivity index is 1.77. The molecule has 0 saturated heterocycles. The molecule has 0 aliphatic carbocycles. The maximum Gasteiger partial charge on any atom is 0.296 e. The minimum absolute atomic E-state index is 0.0162. The van der Waals surface area contributed by atoms with Crippen LogP contribution < -0.4 is 10.1 Å². The van der Waals surface area contributed by atoms with E-state index >= 15 is 0 Å². The summed E-state index contributed by atoms with van der Waals surface area (Å²) in [5, 5.41) is 23.1. The first-order chi connectivity index (χ1) is 17.6. The lowest BCUT2D eigenvalue weighted by Crippen LogP contribution is -2.12. The number of fused-ring (bicyclic) bond motifs is 1. The highest BCUT2D eigenvalue weighted by Crippen LogP contribution is 2.40. The average Bonchev–Trinajstić information content (AvgIpc) is 2.87. The number of carbonyl (C=O) groups is 1. The van der Waals surface area contributed by atoms with Crippen molar-refractivity contribution in [2.24, 2.45) is 10.2 Å². The van der Waals surface area contributed by atoms with E-state index in [1.807, 2.05) is 0 Å². The molecule has 0 spiro atoms. The van der Waals surface area contributed by atoms with E-state index in [0.29, 0.717) is 22.2 Å². The lowest BCUT2D eigenvalue weighted by molar-refractivity contribution is 0.102. The number of ether oxygens (including phenoxy) is 1. The molecule has 11 heteroatoms. The molecule has 4 aromatic rings. The van der Waals surface area contributed by atoms with Crippen molar-refractivity contribution < 1.29 is 27.6 Å². The van der Waals surface area contributed by atoms with Gasteiger partial charge in [-0.25, -0.2) is 0 Å². The summed E-state index contributed by atoms with van der Waals surface area (Å²) < 4.78 is 38.1. The van der Waals surface area contributed by atoms with Gasteiger partial charge in [0.1, 0.15) is 16.3 Å². The molecule has 0 aromatic heterocycles. The lowest BCUT2D eigenvalue weighted by atomic mass is 10.0. The van der Waals surface area contributed by atoms with Crippen molar-refractivity contribution in [2.75, 3.05) is 12.4 Å². The smallest absolute Gasteiger partial charge is 0.296 e. The number of anilines is 1. The molecular formula is C26H22ClN3O6S. The van der Waals surface area contributed by atoms with Crippen molar-refractivity contribution in [2.45, 2.75) is 18.2 Å². The predicted octanol–water partition coefficient (Wildman–Crippen LogP) is 6.68. The zero-order chi connectivity index (χ0) is 26.7. The Labute approximate surface area is 218 Å². The normalized spacial score (nSPS) is 11.7. The first kappa shape index (κ1) is 26.1. The number of phenolic OH excluding ortho intramolecular Hbond substituents is 1. The summed E-state index contributed by atoms with van der Waals surface area (Å²) in [6, 6.07) is 18.0. The van der Waals surface area contributed by atoms with Gasteiger partial charge in [-0.15, -0.1) is 5.11 Å². The number of halogens is 1. The molecule has 0 saturated carbocycles. The Morgan fingerprint density at radius 2 is 1.76 bits per heavy atom. The molecule has 3 N–H and O–H groups in total. The molecule has 0 unspecified atom stereocenters. The van der Waals surface area contributed by atoms with Crippen molar-refractivity contribution in [3.63, 3.8) is 0 Å². The summed E-state index contributed by atoms with van der Waals surface area (Å²) in [7, 11) is -3.00. The van der Waals surface area contributed by atoms with Crippen LogP contribution in [-0.2, 0) is 16.5 Å². The molecule has 4 rings (SSSR count). The van der Waals surface area contributed by atoms with Gasteiger partial charge in [-0.05, 0) is 59.8 Å². The topological polar surface area (TPSA) is 138 Å². The Morgan fingerprint density at radius 1 is 1.05 bits per heavy atom. The molecule has 0 fully saturated rings. The molecule has 1 amide bonds. The van der Waals surface area contributed by atoms with Crippen LogP contribution in [0.5, 0.6) is 11.5 Å². The van der Waals surface area contributed by atoms with Crippen molar-refractivity contribution in [3.8, 4) is 11.5 Å². The molecule has 4 aromatic carbocycles. The first-order valence-electron chi connectivity index (χ1n) is 11.0. The van der Waals surface area contributed by atoms with E-state index < -0.39 is 16.0 Å². The Morgan fingerprint density at radius 3 is 2.41 bits per heavy atom. The number of methoxy groups -OCH3 is 1. The van der Waals surface area contributed by atoms with E-state index in [1.165, 1.54) is 19.2 Å². The standard InChI is InChI=1S/C26H22ClN3O6S/c1-3-15-12-18(14-22(27)25(15)37(33,34)35)29-30-23-20-7-5-4-6-16(20)13-21(24(23)31)26(32)28-17-8-10-19(36-2)11-9-17/h4-14,31H,3H2,1-2H3,(H,28,32)(H,33,34,35). The summed E-state index contributed by atoms with van der Waals surface area (Å²) in [5.41, 5.74) is 0.988. The fraction of sp³-hybridized carbons (Fsp3) is 0.115. The minimum atomic E-state index is -4.54. The van der Waals surface area contributed by atoms with Gasteiger partial charge in [0.15, 0.2) is 5.75 Å². The third-order valence-corrected chi connectivity index (χ3v) is 7.01. The van der Waals surface area contributed by atoms with Crippen LogP contribution in [0.15, 0.2) is 81.9 Å². The second-order valence-corrected chi connectivity index (χ2v) is 9.74. The highest BCUT2D eigenvalue weighted by atomic mass is 35.5. The summed E-state index contributed by atoms with van der Waals surface area (Å²) >= 11 is 6.12. The Kier molecular flexibility index (Phi) is 7.44. The van der Waals surface area contributed by atoms with E-state index in [2.05, 4.69) is 15.5 Å². The first-order valence-corrected chi connectivity index (χ1v) is 12.9. The molecule has 0 radical (unpaired) electrons.